The van der Waals surface area contributed by atoms with Crippen molar-refractivity contribution < 1.29 is 38.6 Å². The smallest absolute Gasteiger partial charge is 0.423 e. The van der Waals surface area contributed by atoms with E-state index in [9.17, 15) is 29.1 Å². The molecule has 5 rings (SSSR count). The molecule has 4 atom stereocenters. The first-order chi connectivity index (χ1) is 17.1. The fourth-order valence-corrected chi connectivity index (χ4v) is 6.17. The largest absolute Gasteiger partial charge is 0.503 e. The van der Waals surface area contributed by atoms with E-state index in [4.69, 9.17) is 16.3 Å². The third kappa shape index (κ3) is 3.26. The van der Waals surface area contributed by atoms with Crippen molar-refractivity contribution in [1.82, 2.24) is 4.90 Å². The first-order valence-electron chi connectivity index (χ1n) is 11.3. The molecule has 1 aromatic rings. The van der Waals surface area contributed by atoms with Crippen LogP contribution in [-0.4, -0.2) is 53.7 Å². The molecule has 10 heteroatoms. The Bertz CT molecular complexity index is 1370. The predicted molar refractivity (Wildman–Crippen MR) is 125 cm³/mol. The van der Waals surface area contributed by atoms with Crippen LogP contribution in [0.3, 0.4) is 0 Å². The molecule has 9 nitrogen and oxygen atoms in total. The highest BCUT2D eigenvalue weighted by Gasteiger charge is 2.58. The lowest BCUT2D eigenvalue weighted by atomic mass is 9.59. The van der Waals surface area contributed by atoms with E-state index >= 15 is 0 Å². The molecule has 0 spiro atoms. The lowest BCUT2D eigenvalue weighted by Gasteiger charge is -2.42. The molecule has 3 amide bonds. The van der Waals surface area contributed by atoms with Gasteiger partial charge in [-0.1, -0.05) is 23.3 Å². The third-order valence-corrected chi connectivity index (χ3v) is 7.81. The number of allylic oxidation sites excluding steroid dienone is 6. The number of nitrogens with zero attached hydrogens (tertiary/aromatic N) is 1. The Morgan fingerprint density at radius 3 is 2.50 bits per heavy atom. The van der Waals surface area contributed by atoms with Crippen LogP contribution in [0.4, 0.5) is 4.79 Å². The second-order valence-corrected chi connectivity index (χ2v) is 9.67. The van der Waals surface area contributed by atoms with Gasteiger partial charge >= 0.3 is 6.09 Å². The molecule has 1 saturated heterocycles. The number of hydrogen-bond donors (Lipinski definition) is 1. The van der Waals surface area contributed by atoms with E-state index in [2.05, 4.69) is 4.74 Å². The van der Waals surface area contributed by atoms with Gasteiger partial charge in [0.15, 0.2) is 23.1 Å². The minimum Gasteiger partial charge on any atom is -0.503 e. The van der Waals surface area contributed by atoms with Gasteiger partial charge in [-0.3, -0.25) is 19.2 Å². The Balaban J connectivity index is 1.71. The van der Waals surface area contributed by atoms with Crippen LogP contribution in [0.5, 0.6) is 11.5 Å². The molecule has 1 fully saturated rings. The van der Waals surface area contributed by atoms with Crippen LogP contribution in [0.2, 0.25) is 5.02 Å². The topological polar surface area (TPSA) is 127 Å². The molecule has 0 radical (unpaired) electrons. The summed E-state index contributed by atoms with van der Waals surface area (Å²) >= 11 is 6.27. The van der Waals surface area contributed by atoms with Crippen molar-refractivity contribution in [3.63, 3.8) is 0 Å². The average molecular weight is 512 g/mol. The van der Waals surface area contributed by atoms with Crippen molar-refractivity contribution in [3.8, 4) is 11.5 Å². The summed E-state index contributed by atoms with van der Waals surface area (Å²) in [7, 11) is 2.45. The predicted octanol–water partition coefficient (Wildman–Crippen LogP) is 3.25. The number of carbonyl (C=O) groups excluding carboxylic acids is 5. The zero-order valence-electron chi connectivity index (χ0n) is 19.7. The summed E-state index contributed by atoms with van der Waals surface area (Å²) in [5, 5.41) is 10.3. The van der Waals surface area contributed by atoms with Gasteiger partial charge in [0.05, 0.1) is 31.1 Å². The van der Waals surface area contributed by atoms with E-state index in [1.165, 1.54) is 25.3 Å². The Morgan fingerprint density at radius 1 is 1.11 bits per heavy atom. The van der Waals surface area contributed by atoms with E-state index in [0.717, 1.165) is 7.11 Å². The summed E-state index contributed by atoms with van der Waals surface area (Å²) in [5.41, 5.74) is 2.00. The first kappa shape index (κ1) is 24.0. The molecular formula is C26H22ClNO8. The van der Waals surface area contributed by atoms with Crippen LogP contribution in [0.1, 0.15) is 31.2 Å². The number of phenols is 1. The van der Waals surface area contributed by atoms with Crippen LogP contribution in [0, 0.1) is 17.8 Å². The molecule has 186 valence electrons. The van der Waals surface area contributed by atoms with Gasteiger partial charge in [-0.25, -0.2) is 4.79 Å². The maximum Gasteiger partial charge on any atom is 0.423 e. The summed E-state index contributed by atoms with van der Waals surface area (Å²) in [5.74, 6) is -5.19. The molecule has 0 saturated carbocycles. The number of methoxy groups -OCH3 is 2. The number of hydrogen-bond acceptors (Lipinski definition) is 8. The number of rotatable bonds is 2. The minimum absolute atomic E-state index is 0.00629. The van der Waals surface area contributed by atoms with Gasteiger partial charge in [0.25, 0.3) is 0 Å². The van der Waals surface area contributed by atoms with E-state index in [1.807, 2.05) is 6.08 Å². The van der Waals surface area contributed by atoms with Gasteiger partial charge in [0.1, 0.15) is 0 Å². The highest BCUT2D eigenvalue weighted by Crippen LogP contribution is 2.56. The van der Waals surface area contributed by atoms with Gasteiger partial charge < -0.3 is 14.6 Å². The number of amides is 3. The standard InChI is InChI=1S/C26H22ClNO8/c1-10-6-17(29)21-15(22(10)30)9-14-12(19(21)11-7-16(27)23(31)18(8-11)35-2)4-5-13-20(14)25(33)28(24(13)32)26(34)36-3/h4,6-8,13-14,19-20,31H,5,9H2,1-3H3. The molecule has 1 heterocycles. The molecule has 36 heavy (non-hydrogen) atoms. The monoisotopic (exact) mass is 511 g/mol. The number of aromatic hydroxyl groups is 1. The fourth-order valence-electron chi connectivity index (χ4n) is 5.95. The van der Waals surface area contributed by atoms with Gasteiger partial charge in [-0.05, 0) is 49.5 Å². The van der Waals surface area contributed by atoms with Gasteiger partial charge in [0, 0.05) is 22.6 Å². The maximum absolute atomic E-state index is 13.3. The number of phenolic OH excluding ortho intramolecular Hbond substituents is 1. The average Bonchev–Trinajstić information content (AvgIpc) is 3.12. The quantitative estimate of drug-likeness (QED) is 0.364. The third-order valence-electron chi connectivity index (χ3n) is 7.52. The van der Waals surface area contributed by atoms with Crippen molar-refractivity contribution in [1.29, 1.82) is 0 Å². The van der Waals surface area contributed by atoms with Crippen molar-refractivity contribution in [2.75, 3.05) is 14.2 Å². The lowest BCUT2D eigenvalue weighted by Crippen LogP contribution is -2.40. The molecular weight excluding hydrogens is 490 g/mol. The van der Waals surface area contributed by atoms with Gasteiger partial charge in [-0.2, -0.15) is 4.90 Å². The summed E-state index contributed by atoms with van der Waals surface area (Å²) in [4.78, 5) is 65.5. The Labute approximate surface area is 211 Å². The van der Waals surface area contributed by atoms with Crippen molar-refractivity contribution >= 4 is 41.1 Å². The molecule has 0 aromatic heterocycles. The Hall–Kier alpha value is -3.72. The van der Waals surface area contributed by atoms with Crippen LogP contribution in [0.15, 0.2) is 46.6 Å². The zero-order valence-corrected chi connectivity index (χ0v) is 20.4. The van der Waals surface area contributed by atoms with Crippen molar-refractivity contribution in [3.05, 3.63) is 57.2 Å². The van der Waals surface area contributed by atoms with Gasteiger partial charge in [-0.15, -0.1) is 0 Å². The van der Waals surface area contributed by atoms with E-state index < -0.39 is 41.6 Å². The molecule has 0 bridgehead atoms. The minimum atomic E-state index is -1.05. The number of ether oxygens (including phenoxy) is 2. The summed E-state index contributed by atoms with van der Waals surface area (Å²) in [6.45, 7) is 1.55. The highest BCUT2D eigenvalue weighted by molar-refractivity contribution is 6.32. The number of fused-ring (bicyclic) bond motifs is 3. The SMILES string of the molecule is COC(=O)N1C(=O)C2CC=C3C(c4cc(Cl)c(O)c(OC)c4)C4=C(CC3C2C1=O)C(=O)C(C)=CC4=O. The molecule has 1 aromatic carbocycles. The summed E-state index contributed by atoms with van der Waals surface area (Å²) in [6.07, 6.45) is 2.30. The fraction of sp³-hybridized carbons (Fsp3) is 0.346. The molecule has 1 aliphatic heterocycles. The van der Waals surface area contributed by atoms with E-state index in [-0.39, 0.29) is 57.6 Å². The second-order valence-electron chi connectivity index (χ2n) is 9.26. The number of Topliss-reactive ketones (excluding diaryl/α,β-unsaturated/α-hetero) is 1. The van der Waals surface area contributed by atoms with Crippen LogP contribution in [-0.2, 0) is 23.9 Å². The van der Waals surface area contributed by atoms with Crippen LogP contribution < -0.4 is 4.74 Å². The number of ketones is 2. The number of benzene rings is 1. The molecule has 4 aliphatic rings. The van der Waals surface area contributed by atoms with Crippen molar-refractivity contribution in [2.45, 2.75) is 25.7 Å². The van der Waals surface area contributed by atoms with Crippen LogP contribution in [0.25, 0.3) is 0 Å². The number of halogens is 1. The molecule has 4 unspecified atom stereocenters. The lowest BCUT2D eigenvalue weighted by molar-refractivity contribution is -0.137. The molecule has 3 aliphatic carbocycles. The Kier molecular flexibility index (Phi) is 5.63. The Morgan fingerprint density at radius 2 is 1.83 bits per heavy atom. The van der Waals surface area contributed by atoms with E-state index in [0.29, 0.717) is 16.0 Å². The summed E-state index contributed by atoms with van der Waals surface area (Å²) < 4.78 is 9.91. The maximum atomic E-state index is 13.3. The number of carbonyl (C=O) groups is 5. The first-order valence-corrected chi connectivity index (χ1v) is 11.7. The van der Waals surface area contributed by atoms with E-state index in [1.54, 1.807) is 6.92 Å². The highest BCUT2D eigenvalue weighted by atomic mass is 35.5. The van der Waals surface area contributed by atoms with Gasteiger partial charge in [0.2, 0.25) is 11.8 Å². The second kappa shape index (κ2) is 8.44. The van der Waals surface area contributed by atoms with Crippen LogP contribution >= 0.6 is 11.6 Å². The number of imide groups is 3. The van der Waals surface area contributed by atoms with Crippen molar-refractivity contribution in [2.24, 2.45) is 17.8 Å². The normalized spacial score (nSPS) is 27.3. The number of likely N-dealkylation sites (tertiary alicyclic amines) is 1. The summed E-state index contributed by atoms with van der Waals surface area (Å²) in [6, 6.07) is 3.03. The zero-order chi connectivity index (χ0) is 26.0. The molecule has 1 N–H and O–H groups in total.